The number of aliphatic hydroxyl groups excluding tert-OH is 1. The highest BCUT2D eigenvalue weighted by Crippen LogP contribution is 2.27. The van der Waals surface area contributed by atoms with Crippen LogP contribution in [0.1, 0.15) is 57.2 Å². The van der Waals surface area contributed by atoms with E-state index in [2.05, 4.69) is 5.32 Å². The first kappa shape index (κ1) is 7.83. The Hall–Kier alpha value is -1.03. The van der Waals surface area contributed by atoms with Gasteiger partial charge in [0.1, 0.15) is 17.4 Å². The molecule has 0 bridgehead atoms. The Morgan fingerprint density at radius 3 is 2.80 bits per heavy atom. The highest BCUT2D eigenvalue weighted by atomic mass is 35.5. The molecule has 2 rings (SSSR count). The number of β-amino-alcohol motifs (C(OH)–C–C–N with tert-alkyl or cyclic N) is 1. The van der Waals surface area contributed by atoms with E-state index in [1.807, 2.05) is 19.1 Å². The summed E-state index contributed by atoms with van der Waals surface area (Å²) in [5.74, 6) is 0.0823. The summed E-state index contributed by atoms with van der Waals surface area (Å²) in [5.41, 5.74) is -1.73. The molecule has 0 saturated heterocycles. The predicted octanol–water partition coefficient (Wildman–Crippen LogP) is 3.84. The van der Waals surface area contributed by atoms with Gasteiger partial charge in [0, 0.05) is 29.8 Å². The number of para-hydroxylation sites is 1. The zero-order valence-corrected chi connectivity index (χ0v) is 11.9. The number of halogens is 1. The molecule has 0 amide bonds. The Bertz CT molecular complexity index is 790. The molecule has 2 N–H and O–H groups in total. The lowest BCUT2D eigenvalue weighted by atomic mass is 10.1. The van der Waals surface area contributed by atoms with Gasteiger partial charge in [0.05, 0.1) is 0 Å². The number of benzene rings is 1. The lowest BCUT2D eigenvalue weighted by molar-refractivity contribution is 0.140. The number of rotatable bonds is 4. The molecule has 2 aromatic rings. The summed E-state index contributed by atoms with van der Waals surface area (Å²) in [6.45, 7) is -8.84. The number of nitrogens with one attached hydrogen (secondary N) is 1. The first-order chi connectivity index (χ1) is 12.7. The lowest BCUT2D eigenvalue weighted by Crippen LogP contribution is -2.38. The van der Waals surface area contributed by atoms with Crippen molar-refractivity contribution in [2.75, 3.05) is 6.54 Å². The second-order valence-electron chi connectivity index (χ2n) is 4.48. The Morgan fingerprint density at radius 2 is 2.15 bits per heavy atom. The number of fused-ring (bicyclic) bond motifs is 1. The molecule has 1 atom stereocenters. The van der Waals surface area contributed by atoms with Gasteiger partial charge in [-0.1, -0.05) is 25.1 Å². The summed E-state index contributed by atoms with van der Waals surface area (Å²) >= 11 is 0. The summed E-state index contributed by atoms with van der Waals surface area (Å²) in [6, 6.07) is 7.03. The SMILES string of the molecule is Cl.[2H]C([2H])([2H])C(NCC(O)c1cc2cccc(CC)c2o1)(C([2H])([2H])[2H])C([2H])([2H])[2H]. The van der Waals surface area contributed by atoms with Gasteiger partial charge in [-0.15, -0.1) is 12.4 Å². The van der Waals surface area contributed by atoms with E-state index in [0.717, 1.165) is 10.9 Å². The smallest absolute Gasteiger partial charge is 0.137 e. The van der Waals surface area contributed by atoms with E-state index < -0.39 is 38.7 Å². The first-order valence-electron chi connectivity index (χ1n) is 10.6. The zero-order valence-electron chi connectivity index (χ0n) is 20.1. The molecule has 112 valence electrons. The second-order valence-corrected chi connectivity index (χ2v) is 4.48. The Balaban J connectivity index is 0.00000420. The standard InChI is InChI=1S/C16H23NO2.ClH/c1-5-11-7-6-8-12-9-14(19-15(11)12)13(18)10-17-16(2,3)4;/h6-9,13,17-18H,5,10H2,1-4H3;1H/i2D3,3D3,4D3;. The highest BCUT2D eigenvalue weighted by Gasteiger charge is 2.17. The molecule has 0 aliphatic carbocycles. The molecule has 0 fully saturated rings. The van der Waals surface area contributed by atoms with Crippen molar-refractivity contribution >= 4 is 23.4 Å². The average Bonchev–Trinajstić information content (AvgIpc) is 2.95. The second kappa shape index (κ2) is 6.61. The quantitative estimate of drug-likeness (QED) is 0.902. The van der Waals surface area contributed by atoms with E-state index in [0.29, 0.717) is 12.0 Å². The van der Waals surface area contributed by atoms with E-state index in [1.165, 1.54) is 0 Å². The van der Waals surface area contributed by atoms with E-state index in [-0.39, 0.29) is 18.2 Å². The molecule has 1 heterocycles. The minimum atomic E-state index is -3.38. The van der Waals surface area contributed by atoms with Crippen molar-refractivity contribution in [3.05, 3.63) is 35.6 Å². The Morgan fingerprint density at radius 1 is 1.40 bits per heavy atom. The molecular weight excluding hydrogens is 274 g/mol. The minimum absolute atomic E-state index is 0. The van der Waals surface area contributed by atoms with Gasteiger partial charge < -0.3 is 14.8 Å². The molecule has 3 nitrogen and oxygen atoms in total. The van der Waals surface area contributed by atoms with Gasteiger partial charge in [0.15, 0.2) is 0 Å². The first-order valence-corrected chi connectivity index (χ1v) is 6.10. The third-order valence-corrected chi connectivity index (χ3v) is 2.91. The summed E-state index contributed by atoms with van der Waals surface area (Å²) < 4.78 is 73.9. The van der Waals surface area contributed by atoms with E-state index in [4.69, 9.17) is 16.8 Å². The zero-order chi connectivity index (χ0) is 21.5. The van der Waals surface area contributed by atoms with Crippen molar-refractivity contribution in [3.8, 4) is 0 Å². The van der Waals surface area contributed by atoms with Gasteiger partial charge in [-0.05, 0) is 38.6 Å². The van der Waals surface area contributed by atoms with Gasteiger partial charge in [0.2, 0.25) is 0 Å². The molecule has 1 aromatic heterocycles. The normalized spacial score (nSPS) is 21.8. The maximum atomic E-state index is 10.4. The van der Waals surface area contributed by atoms with Crippen LogP contribution in [0.3, 0.4) is 0 Å². The molecule has 1 aromatic carbocycles. The van der Waals surface area contributed by atoms with Crippen LogP contribution in [0.5, 0.6) is 0 Å². The maximum absolute atomic E-state index is 10.4. The maximum Gasteiger partial charge on any atom is 0.137 e. The molecule has 0 aliphatic rings. The molecule has 0 radical (unpaired) electrons. The van der Waals surface area contributed by atoms with Crippen molar-refractivity contribution in [1.29, 1.82) is 0 Å². The average molecular weight is 307 g/mol. The largest absolute Gasteiger partial charge is 0.458 e. The van der Waals surface area contributed by atoms with Gasteiger partial charge in [-0.2, -0.15) is 0 Å². The van der Waals surface area contributed by atoms with Crippen LogP contribution in [0.25, 0.3) is 11.0 Å². The van der Waals surface area contributed by atoms with Gasteiger partial charge >= 0.3 is 0 Å². The predicted molar refractivity (Wildman–Crippen MR) is 85.6 cm³/mol. The molecule has 0 aliphatic heterocycles. The Kier molecular flexibility index (Phi) is 2.59. The van der Waals surface area contributed by atoms with Crippen LogP contribution in [0, 0.1) is 0 Å². The molecule has 0 spiro atoms. The topological polar surface area (TPSA) is 45.4 Å². The summed E-state index contributed by atoms with van der Waals surface area (Å²) in [7, 11) is 0. The van der Waals surface area contributed by atoms with Gasteiger partial charge in [-0.25, -0.2) is 0 Å². The third kappa shape index (κ3) is 3.98. The van der Waals surface area contributed by atoms with Crippen molar-refractivity contribution in [2.24, 2.45) is 0 Å². The number of hydrogen-bond donors (Lipinski definition) is 2. The molecule has 20 heavy (non-hydrogen) atoms. The molecule has 4 heteroatoms. The summed E-state index contributed by atoms with van der Waals surface area (Å²) in [5, 5.41) is 13.3. The van der Waals surface area contributed by atoms with Crippen LogP contribution in [-0.2, 0) is 6.42 Å². The van der Waals surface area contributed by atoms with E-state index in [1.54, 1.807) is 12.1 Å². The minimum Gasteiger partial charge on any atom is -0.458 e. The fourth-order valence-corrected chi connectivity index (χ4v) is 1.94. The summed E-state index contributed by atoms with van der Waals surface area (Å²) in [6.07, 6.45) is -0.748. The molecular formula is C16H24ClNO2. The number of aliphatic hydroxyl groups is 1. The lowest BCUT2D eigenvalue weighted by Gasteiger charge is -2.22. The highest BCUT2D eigenvalue weighted by molar-refractivity contribution is 5.85. The third-order valence-electron chi connectivity index (χ3n) is 2.91. The van der Waals surface area contributed by atoms with Crippen LogP contribution in [-0.4, -0.2) is 17.2 Å². The van der Waals surface area contributed by atoms with Crippen LogP contribution in [0.2, 0.25) is 0 Å². The van der Waals surface area contributed by atoms with Crippen LogP contribution < -0.4 is 5.32 Å². The number of aryl methyl sites for hydroxylation is 1. The van der Waals surface area contributed by atoms with Crippen molar-refractivity contribution in [3.63, 3.8) is 0 Å². The monoisotopic (exact) mass is 306 g/mol. The molecule has 0 saturated carbocycles. The summed E-state index contributed by atoms with van der Waals surface area (Å²) in [4.78, 5) is 0. The number of hydrogen-bond acceptors (Lipinski definition) is 3. The van der Waals surface area contributed by atoms with Crippen molar-refractivity contribution < 1.29 is 21.9 Å². The Labute approximate surface area is 139 Å². The van der Waals surface area contributed by atoms with Gasteiger partial charge in [0.25, 0.3) is 0 Å². The fraction of sp³-hybridized carbons (Fsp3) is 0.500. The van der Waals surface area contributed by atoms with Crippen LogP contribution in [0.4, 0.5) is 0 Å². The van der Waals surface area contributed by atoms with Crippen molar-refractivity contribution in [2.45, 2.75) is 45.5 Å². The van der Waals surface area contributed by atoms with E-state index >= 15 is 0 Å². The molecule has 1 unspecified atom stereocenters. The number of furan rings is 1. The van der Waals surface area contributed by atoms with Crippen LogP contribution >= 0.6 is 12.4 Å². The van der Waals surface area contributed by atoms with Crippen LogP contribution in [0.15, 0.2) is 28.7 Å². The fourth-order valence-electron chi connectivity index (χ4n) is 1.94. The van der Waals surface area contributed by atoms with Crippen molar-refractivity contribution in [1.82, 2.24) is 5.32 Å². The van der Waals surface area contributed by atoms with Gasteiger partial charge in [-0.3, -0.25) is 0 Å². The van der Waals surface area contributed by atoms with E-state index in [9.17, 15) is 5.11 Å².